The number of carbonyl (C=O) groups excluding carboxylic acids is 1. The Morgan fingerprint density at radius 2 is 2.21 bits per heavy atom. The molecule has 1 N–H and O–H groups in total. The maximum absolute atomic E-state index is 11.8. The summed E-state index contributed by atoms with van der Waals surface area (Å²) >= 11 is 1.32. The number of para-hydroxylation sites is 1. The highest BCUT2D eigenvalue weighted by Gasteiger charge is 2.07. The van der Waals surface area contributed by atoms with Crippen LogP contribution in [0.1, 0.15) is 5.56 Å². The van der Waals surface area contributed by atoms with Crippen molar-refractivity contribution in [1.82, 2.24) is 9.97 Å². The summed E-state index contributed by atoms with van der Waals surface area (Å²) in [4.78, 5) is 19.6. The second-order valence-corrected chi connectivity index (χ2v) is 4.54. The van der Waals surface area contributed by atoms with Gasteiger partial charge in [0.25, 0.3) is 0 Å². The van der Waals surface area contributed by atoms with Crippen LogP contribution in [0.2, 0.25) is 0 Å². The minimum absolute atomic E-state index is 0.175. The van der Waals surface area contributed by atoms with Crippen LogP contribution in [-0.4, -0.2) is 21.6 Å². The number of nitrogens with one attached hydrogen (secondary N) is 1. The van der Waals surface area contributed by atoms with E-state index in [9.17, 15) is 4.79 Å². The normalized spacial score (nSPS) is 9.63. The van der Waals surface area contributed by atoms with Gasteiger partial charge in [0.2, 0.25) is 5.91 Å². The Balaban J connectivity index is 1.93. The zero-order chi connectivity index (χ0) is 13.5. The molecule has 1 aromatic carbocycles. The molecule has 0 aliphatic carbocycles. The standard InChI is InChI=1S/C13H10N4OS/c14-7-10-3-1-2-4-11(10)17-12(18)8-19-13-5-6-15-9-16-13/h1-6,9H,8H2,(H,17,18). The first-order chi connectivity index (χ1) is 9.29. The Kier molecular flexibility index (Phi) is 4.48. The third kappa shape index (κ3) is 3.79. The maximum atomic E-state index is 11.8. The predicted octanol–water partition coefficient (Wildman–Crippen LogP) is 2.08. The Labute approximate surface area is 114 Å². The van der Waals surface area contributed by atoms with E-state index in [0.29, 0.717) is 11.3 Å². The SMILES string of the molecule is N#Cc1ccccc1NC(=O)CSc1ccncn1. The lowest BCUT2D eigenvalue weighted by Crippen LogP contribution is -2.14. The molecule has 2 rings (SSSR count). The van der Waals surface area contributed by atoms with Crippen LogP contribution in [-0.2, 0) is 4.79 Å². The molecule has 6 heteroatoms. The Bertz CT molecular complexity index is 610. The van der Waals surface area contributed by atoms with Gasteiger partial charge in [-0.2, -0.15) is 5.26 Å². The van der Waals surface area contributed by atoms with Gasteiger partial charge in [-0.25, -0.2) is 9.97 Å². The molecule has 0 atom stereocenters. The van der Waals surface area contributed by atoms with Crippen molar-refractivity contribution in [2.75, 3.05) is 11.1 Å². The molecular weight excluding hydrogens is 260 g/mol. The third-order valence-electron chi connectivity index (χ3n) is 2.23. The van der Waals surface area contributed by atoms with E-state index in [0.717, 1.165) is 5.03 Å². The van der Waals surface area contributed by atoms with Crippen LogP contribution in [0.5, 0.6) is 0 Å². The van der Waals surface area contributed by atoms with Gasteiger partial charge < -0.3 is 5.32 Å². The lowest BCUT2D eigenvalue weighted by molar-refractivity contribution is -0.113. The van der Waals surface area contributed by atoms with E-state index in [2.05, 4.69) is 15.3 Å². The van der Waals surface area contributed by atoms with Crippen molar-refractivity contribution < 1.29 is 4.79 Å². The van der Waals surface area contributed by atoms with Gasteiger partial charge in [0, 0.05) is 6.20 Å². The van der Waals surface area contributed by atoms with Crippen LogP contribution in [0.4, 0.5) is 5.69 Å². The van der Waals surface area contributed by atoms with E-state index >= 15 is 0 Å². The minimum Gasteiger partial charge on any atom is -0.324 e. The van der Waals surface area contributed by atoms with Crippen molar-refractivity contribution >= 4 is 23.4 Å². The van der Waals surface area contributed by atoms with Crippen molar-refractivity contribution in [2.24, 2.45) is 0 Å². The fourth-order valence-corrected chi connectivity index (χ4v) is 2.01. The van der Waals surface area contributed by atoms with Crippen LogP contribution in [0.25, 0.3) is 0 Å². The van der Waals surface area contributed by atoms with Gasteiger partial charge in [-0.05, 0) is 18.2 Å². The molecule has 1 amide bonds. The molecule has 0 fully saturated rings. The number of rotatable bonds is 4. The van der Waals surface area contributed by atoms with E-state index in [4.69, 9.17) is 5.26 Å². The number of anilines is 1. The summed E-state index contributed by atoms with van der Waals surface area (Å²) < 4.78 is 0. The van der Waals surface area contributed by atoms with Gasteiger partial charge in [-0.3, -0.25) is 4.79 Å². The molecule has 5 nitrogen and oxygen atoms in total. The van der Waals surface area contributed by atoms with Gasteiger partial charge in [-0.15, -0.1) is 0 Å². The average molecular weight is 270 g/mol. The summed E-state index contributed by atoms with van der Waals surface area (Å²) in [6.07, 6.45) is 3.06. The van der Waals surface area contributed by atoms with E-state index in [-0.39, 0.29) is 11.7 Å². The first kappa shape index (κ1) is 13.1. The van der Waals surface area contributed by atoms with Crippen LogP contribution < -0.4 is 5.32 Å². The number of thioether (sulfide) groups is 1. The molecule has 0 spiro atoms. The van der Waals surface area contributed by atoms with Crippen molar-refractivity contribution in [3.05, 3.63) is 48.4 Å². The largest absolute Gasteiger partial charge is 0.324 e. The first-order valence-electron chi connectivity index (χ1n) is 5.47. The molecule has 0 aliphatic heterocycles. The molecule has 2 aromatic rings. The second kappa shape index (κ2) is 6.52. The molecule has 19 heavy (non-hydrogen) atoms. The van der Waals surface area contributed by atoms with E-state index in [1.54, 1.807) is 36.5 Å². The van der Waals surface area contributed by atoms with Crippen LogP contribution in [0.15, 0.2) is 47.9 Å². The number of benzene rings is 1. The molecule has 1 aromatic heterocycles. The Morgan fingerprint density at radius 1 is 1.37 bits per heavy atom. The van der Waals surface area contributed by atoms with Crippen LogP contribution in [0.3, 0.4) is 0 Å². The summed E-state index contributed by atoms with van der Waals surface area (Å²) in [5.74, 6) is 0.0582. The topological polar surface area (TPSA) is 78.7 Å². The van der Waals surface area contributed by atoms with E-state index < -0.39 is 0 Å². The van der Waals surface area contributed by atoms with Gasteiger partial charge in [-0.1, -0.05) is 23.9 Å². The summed E-state index contributed by atoms with van der Waals surface area (Å²) in [6, 6.07) is 10.7. The number of nitrogens with zero attached hydrogens (tertiary/aromatic N) is 3. The van der Waals surface area contributed by atoms with Crippen LogP contribution in [0, 0.1) is 11.3 Å². The molecule has 0 radical (unpaired) electrons. The third-order valence-corrected chi connectivity index (χ3v) is 3.17. The molecule has 0 aliphatic rings. The zero-order valence-corrected chi connectivity index (χ0v) is 10.7. The van der Waals surface area contributed by atoms with Crippen LogP contribution >= 0.6 is 11.8 Å². The van der Waals surface area contributed by atoms with Gasteiger partial charge >= 0.3 is 0 Å². The van der Waals surface area contributed by atoms with E-state index in [1.807, 2.05) is 6.07 Å². The number of hydrogen-bond donors (Lipinski definition) is 1. The summed E-state index contributed by atoms with van der Waals surface area (Å²) in [5.41, 5.74) is 0.973. The maximum Gasteiger partial charge on any atom is 0.234 e. The number of carbonyl (C=O) groups is 1. The summed E-state index contributed by atoms with van der Waals surface area (Å²) in [7, 11) is 0. The Hall–Kier alpha value is -2.39. The summed E-state index contributed by atoms with van der Waals surface area (Å²) in [6.45, 7) is 0. The lowest BCUT2D eigenvalue weighted by atomic mass is 10.2. The predicted molar refractivity (Wildman–Crippen MR) is 72.5 cm³/mol. The van der Waals surface area contributed by atoms with Gasteiger partial charge in [0.15, 0.2) is 0 Å². The number of hydrogen-bond acceptors (Lipinski definition) is 5. The van der Waals surface area contributed by atoms with Crippen molar-refractivity contribution in [3.8, 4) is 6.07 Å². The molecule has 0 saturated carbocycles. The average Bonchev–Trinajstić information content (AvgIpc) is 2.47. The highest BCUT2D eigenvalue weighted by atomic mass is 32.2. The van der Waals surface area contributed by atoms with Crippen molar-refractivity contribution in [1.29, 1.82) is 5.26 Å². The van der Waals surface area contributed by atoms with Gasteiger partial charge in [0.05, 0.1) is 22.0 Å². The second-order valence-electron chi connectivity index (χ2n) is 3.54. The number of amides is 1. The zero-order valence-electron chi connectivity index (χ0n) is 9.91. The Morgan fingerprint density at radius 3 is 2.95 bits per heavy atom. The monoisotopic (exact) mass is 270 g/mol. The molecular formula is C13H10N4OS. The molecule has 0 unspecified atom stereocenters. The quantitative estimate of drug-likeness (QED) is 0.679. The molecule has 0 bridgehead atoms. The fraction of sp³-hybridized carbons (Fsp3) is 0.0769. The smallest absolute Gasteiger partial charge is 0.234 e. The highest BCUT2D eigenvalue weighted by Crippen LogP contribution is 2.16. The van der Waals surface area contributed by atoms with Crippen molar-refractivity contribution in [3.63, 3.8) is 0 Å². The first-order valence-corrected chi connectivity index (χ1v) is 6.46. The lowest BCUT2D eigenvalue weighted by Gasteiger charge is -2.06. The number of aromatic nitrogens is 2. The van der Waals surface area contributed by atoms with Gasteiger partial charge in [0.1, 0.15) is 12.4 Å². The molecule has 94 valence electrons. The number of nitriles is 1. The summed E-state index contributed by atoms with van der Waals surface area (Å²) in [5, 5.41) is 12.4. The molecule has 1 heterocycles. The fourth-order valence-electron chi connectivity index (χ4n) is 1.38. The minimum atomic E-state index is -0.175. The molecule has 0 saturated heterocycles. The highest BCUT2D eigenvalue weighted by molar-refractivity contribution is 7.99. The van der Waals surface area contributed by atoms with Crippen molar-refractivity contribution in [2.45, 2.75) is 5.03 Å². The van der Waals surface area contributed by atoms with E-state index in [1.165, 1.54) is 18.1 Å².